The van der Waals surface area contributed by atoms with E-state index in [0.29, 0.717) is 11.3 Å². The molecule has 1 aliphatic rings. The van der Waals surface area contributed by atoms with Gasteiger partial charge in [-0.25, -0.2) is 9.18 Å². The highest BCUT2D eigenvalue weighted by atomic mass is 19.1. The summed E-state index contributed by atoms with van der Waals surface area (Å²) in [6, 6.07) is 7.44. The van der Waals surface area contributed by atoms with Crippen LogP contribution in [0.2, 0.25) is 0 Å². The number of cyclic esters (lactones) is 1. The van der Waals surface area contributed by atoms with E-state index in [1.807, 2.05) is 0 Å². The van der Waals surface area contributed by atoms with E-state index in [1.54, 1.807) is 12.1 Å². The highest BCUT2D eigenvalue weighted by molar-refractivity contribution is 5.95. The van der Waals surface area contributed by atoms with Crippen LogP contribution in [0.3, 0.4) is 0 Å². The lowest BCUT2D eigenvalue weighted by molar-refractivity contribution is -0.119. The molecule has 3 rings (SSSR count). The molecule has 1 aromatic heterocycles. The molecule has 0 saturated carbocycles. The first-order chi connectivity index (χ1) is 13.4. The van der Waals surface area contributed by atoms with Gasteiger partial charge in [-0.15, -0.1) is 0 Å². The lowest BCUT2D eigenvalue weighted by atomic mass is 10.1. The van der Waals surface area contributed by atoms with Crippen molar-refractivity contribution in [1.29, 1.82) is 0 Å². The van der Waals surface area contributed by atoms with Crippen molar-refractivity contribution in [3.05, 3.63) is 48.0 Å². The quantitative estimate of drug-likeness (QED) is 0.308. The molecule has 0 bridgehead atoms. The minimum absolute atomic E-state index is 0.149. The Balaban J connectivity index is 1.77. The first kappa shape index (κ1) is 19.1. The molecule has 146 valence electrons. The molecule has 1 unspecified atom stereocenters. The van der Waals surface area contributed by atoms with Gasteiger partial charge in [-0.05, 0) is 24.3 Å². The number of benzene rings is 1. The van der Waals surface area contributed by atoms with Crippen LogP contribution in [0.4, 0.5) is 14.9 Å². The second kappa shape index (κ2) is 7.91. The van der Waals surface area contributed by atoms with Crippen LogP contribution in [0.5, 0.6) is 0 Å². The first-order valence-electron chi connectivity index (χ1n) is 8.35. The van der Waals surface area contributed by atoms with Gasteiger partial charge in [-0.3, -0.25) is 14.7 Å². The molecule has 1 aliphatic heterocycles. The number of hydrogen-bond donors (Lipinski definition) is 3. The zero-order chi connectivity index (χ0) is 20.3. The first-order valence-corrected chi connectivity index (χ1v) is 8.35. The summed E-state index contributed by atoms with van der Waals surface area (Å²) < 4.78 is 19.8. The van der Waals surface area contributed by atoms with Gasteiger partial charge in [0.25, 0.3) is 0 Å². The van der Waals surface area contributed by atoms with E-state index < -0.39 is 18.0 Å². The van der Waals surface area contributed by atoms with E-state index in [2.05, 4.69) is 15.5 Å². The van der Waals surface area contributed by atoms with Crippen molar-refractivity contribution < 1.29 is 23.9 Å². The molecule has 10 heteroatoms. The number of carbonyl (C=O) groups is 2. The van der Waals surface area contributed by atoms with Gasteiger partial charge in [0.05, 0.1) is 18.8 Å². The van der Waals surface area contributed by atoms with Crippen molar-refractivity contribution in [2.45, 2.75) is 13.0 Å². The molecule has 2 amide bonds. The second-order valence-electron chi connectivity index (χ2n) is 6.13. The zero-order valence-corrected chi connectivity index (χ0v) is 14.9. The lowest BCUT2D eigenvalue weighted by Gasteiger charge is -2.14. The van der Waals surface area contributed by atoms with Crippen LogP contribution < -0.4 is 16.0 Å². The average molecular weight is 387 g/mol. The molecular formula is C18H18FN5O4. The summed E-state index contributed by atoms with van der Waals surface area (Å²) in [7, 11) is 0. The molecule has 0 spiro atoms. The van der Waals surface area contributed by atoms with Crippen LogP contribution in [0.25, 0.3) is 11.1 Å². The van der Waals surface area contributed by atoms with E-state index in [4.69, 9.17) is 15.7 Å². The van der Waals surface area contributed by atoms with Crippen LogP contribution in [-0.4, -0.2) is 47.2 Å². The molecule has 0 aliphatic carbocycles. The largest absolute Gasteiger partial charge is 0.442 e. The van der Waals surface area contributed by atoms with Gasteiger partial charge in [0.15, 0.2) is 5.84 Å². The van der Waals surface area contributed by atoms with Crippen LogP contribution in [0, 0.1) is 5.82 Å². The number of nitrogens with zero attached hydrogens (tertiary/aromatic N) is 3. The Morgan fingerprint density at radius 2 is 2.25 bits per heavy atom. The Bertz CT molecular complexity index is 932. The zero-order valence-electron chi connectivity index (χ0n) is 14.9. The van der Waals surface area contributed by atoms with Crippen LogP contribution in [-0.2, 0) is 9.53 Å². The molecule has 0 radical (unpaired) electrons. The van der Waals surface area contributed by atoms with Gasteiger partial charge in [0, 0.05) is 24.2 Å². The van der Waals surface area contributed by atoms with Gasteiger partial charge in [-0.1, -0.05) is 11.2 Å². The number of amides is 2. The summed E-state index contributed by atoms with van der Waals surface area (Å²) in [4.78, 5) is 28.3. The molecular weight excluding hydrogens is 369 g/mol. The number of nitrogens with one attached hydrogen (secondary N) is 1. The van der Waals surface area contributed by atoms with Gasteiger partial charge < -0.3 is 21.0 Å². The maximum absolute atomic E-state index is 14.6. The Hall–Kier alpha value is -3.69. The number of amidine groups is 1. The smallest absolute Gasteiger partial charge is 0.414 e. The van der Waals surface area contributed by atoms with Crippen molar-refractivity contribution in [3.63, 3.8) is 0 Å². The van der Waals surface area contributed by atoms with Crippen molar-refractivity contribution in [1.82, 2.24) is 10.3 Å². The summed E-state index contributed by atoms with van der Waals surface area (Å²) in [5.74, 6) is -0.922. The normalized spacial score (nSPS) is 16.8. The molecule has 2 aromatic rings. The highest BCUT2D eigenvalue weighted by Crippen LogP contribution is 2.28. The fourth-order valence-electron chi connectivity index (χ4n) is 2.76. The number of ether oxygens (including phenoxy) is 1. The number of oxime groups is 1. The Morgan fingerprint density at radius 3 is 2.86 bits per heavy atom. The number of anilines is 1. The third-order valence-electron chi connectivity index (χ3n) is 4.16. The molecule has 1 atom stereocenters. The third-order valence-corrected chi connectivity index (χ3v) is 4.16. The minimum Gasteiger partial charge on any atom is -0.442 e. The number of rotatable bonds is 5. The molecule has 9 nitrogen and oxygen atoms in total. The van der Waals surface area contributed by atoms with Gasteiger partial charge in [0.1, 0.15) is 17.6 Å². The SMILES string of the molecule is CC(=O)NCC1CN(c2ccc(-c3ccc(/C(N)=N/O)nc3)c(F)c2)C(=O)O1. The summed E-state index contributed by atoms with van der Waals surface area (Å²) in [6.07, 6.45) is 0.292. The number of aromatic nitrogens is 1. The van der Waals surface area contributed by atoms with E-state index in [1.165, 1.54) is 36.2 Å². The molecule has 28 heavy (non-hydrogen) atoms. The number of hydrogen-bond acceptors (Lipinski definition) is 6. The molecule has 1 aromatic carbocycles. The van der Waals surface area contributed by atoms with E-state index in [-0.39, 0.29) is 36.1 Å². The van der Waals surface area contributed by atoms with Crippen molar-refractivity contribution in [2.24, 2.45) is 10.9 Å². The van der Waals surface area contributed by atoms with E-state index in [0.717, 1.165) is 0 Å². The Kier molecular flexibility index (Phi) is 5.39. The maximum Gasteiger partial charge on any atom is 0.414 e. The Morgan fingerprint density at radius 1 is 1.46 bits per heavy atom. The van der Waals surface area contributed by atoms with Crippen LogP contribution in [0.1, 0.15) is 12.6 Å². The topological polar surface area (TPSA) is 130 Å². The fourth-order valence-corrected chi connectivity index (χ4v) is 2.76. The molecule has 4 N–H and O–H groups in total. The van der Waals surface area contributed by atoms with Crippen molar-refractivity contribution in [3.8, 4) is 11.1 Å². The van der Waals surface area contributed by atoms with Crippen LogP contribution in [0.15, 0.2) is 41.7 Å². The minimum atomic E-state index is -0.604. The number of pyridine rings is 1. The highest BCUT2D eigenvalue weighted by Gasteiger charge is 2.32. The average Bonchev–Trinajstić information content (AvgIpc) is 3.06. The molecule has 1 saturated heterocycles. The van der Waals surface area contributed by atoms with Gasteiger partial charge in [-0.2, -0.15) is 0 Å². The molecule has 1 fully saturated rings. The summed E-state index contributed by atoms with van der Waals surface area (Å²) in [6.45, 7) is 1.76. The Labute approximate surface area is 159 Å². The van der Waals surface area contributed by atoms with E-state index >= 15 is 0 Å². The summed E-state index contributed by atoms with van der Waals surface area (Å²) >= 11 is 0. The second-order valence-corrected chi connectivity index (χ2v) is 6.13. The van der Waals surface area contributed by atoms with Gasteiger partial charge in [0.2, 0.25) is 5.91 Å². The lowest BCUT2D eigenvalue weighted by Crippen LogP contribution is -2.33. The van der Waals surface area contributed by atoms with Crippen molar-refractivity contribution >= 4 is 23.5 Å². The number of carbonyl (C=O) groups excluding carboxylic acids is 2. The maximum atomic E-state index is 14.6. The number of nitrogens with two attached hydrogens (primary N) is 1. The van der Waals surface area contributed by atoms with E-state index in [9.17, 15) is 14.0 Å². The van der Waals surface area contributed by atoms with Crippen LogP contribution >= 0.6 is 0 Å². The summed E-state index contributed by atoms with van der Waals surface area (Å²) in [5, 5.41) is 14.1. The van der Waals surface area contributed by atoms with Crippen molar-refractivity contribution in [2.75, 3.05) is 18.0 Å². The summed E-state index contributed by atoms with van der Waals surface area (Å²) in [5.41, 5.74) is 6.83. The standard InChI is InChI=1S/C18H18FN5O4/c1-10(25)21-8-13-9-24(18(26)28-13)12-3-4-14(15(19)6-12)11-2-5-16(22-7-11)17(20)23-27/h2-7,13,27H,8-9H2,1H3,(H2,20,23)(H,21,25). The predicted octanol–water partition coefficient (Wildman–Crippen LogP) is 1.44. The number of halogens is 1. The van der Waals surface area contributed by atoms with Gasteiger partial charge >= 0.3 is 6.09 Å². The monoisotopic (exact) mass is 387 g/mol. The third kappa shape index (κ3) is 4.00. The molecule has 2 heterocycles. The predicted molar refractivity (Wildman–Crippen MR) is 98.4 cm³/mol. The fraction of sp³-hybridized carbons (Fsp3) is 0.222.